The normalized spacial score (nSPS) is 11.1. The van der Waals surface area contributed by atoms with Gasteiger partial charge in [-0.15, -0.1) is 0 Å². The summed E-state index contributed by atoms with van der Waals surface area (Å²) >= 11 is 6.71. The van der Waals surface area contributed by atoms with E-state index in [9.17, 15) is 9.59 Å². The summed E-state index contributed by atoms with van der Waals surface area (Å²) in [7, 11) is 0. The third-order valence-electron chi connectivity index (χ3n) is 3.60. The van der Waals surface area contributed by atoms with Crippen molar-refractivity contribution in [3.63, 3.8) is 0 Å². The Morgan fingerprint density at radius 3 is 1.43 bits per heavy atom. The Kier molecular flexibility index (Phi) is 9.57. The molecule has 0 aliphatic carbocycles. The highest BCUT2D eigenvalue weighted by Gasteiger charge is 2.03. The molecule has 8 heteroatoms. The number of amides is 2. The number of nitrogens with zero attached hydrogens (tertiary/aromatic N) is 2. The molecule has 0 spiro atoms. The molecule has 0 aliphatic rings. The number of hydrogen-bond acceptors (Lipinski definition) is 4. The summed E-state index contributed by atoms with van der Waals surface area (Å²) in [6, 6.07) is 15.1. The maximum Gasteiger partial charge on any atom is 0.240 e. The van der Waals surface area contributed by atoms with Crippen molar-refractivity contribution in [2.45, 2.75) is 25.7 Å². The number of hydrogen-bond donors (Lipinski definition) is 2. The van der Waals surface area contributed by atoms with Crippen LogP contribution in [0.1, 0.15) is 36.8 Å². The highest BCUT2D eigenvalue weighted by Crippen LogP contribution is 2.09. The summed E-state index contributed by atoms with van der Waals surface area (Å²) in [5, 5.41) is 7.84. The van der Waals surface area contributed by atoms with E-state index in [1.165, 1.54) is 0 Å². The van der Waals surface area contributed by atoms with Crippen molar-refractivity contribution >= 4 is 56.1 Å². The topological polar surface area (TPSA) is 82.9 Å². The Balaban J connectivity index is 1.57. The van der Waals surface area contributed by atoms with Crippen LogP contribution in [0.5, 0.6) is 0 Å². The lowest BCUT2D eigenvalue weighted by atomic mass is 10.2. The first-order chi connectivity index (χ1) is 13.5. The lowest BCUT2D eigenvalue weighted by Crippen LogP contribution is -2.19. The zero-order valence-electron chi connectivity index (χ0n) is 15.1. The van der Waals surface area contributed by atoms with Gasteiger partial charge < -0.3 is 0 Å². The lowest BCUT2D eigenvalue weighted by molar-refractivity contribution is -0.123. The first-order valence-electron chi connectivity index (χ1n) is 8.68. The summed E-state index contributed by atoms with van der Waals surface area (Å²) in [5.74, 6) is -0.357. The molecule has 0 bridgehead atoms. The van der Waals surface area contributed by atoms with E-state index in [1.54, 1.807) is 12.4 Å². The Morgan fingerprint density at radius 2 is 1.07 bits per heavy atom. The molecule has 6 nitrogen and oxygen atoms in total. The van der Waals surface area contributed by atoms with Crippen LogP contribution in [0.2, 0.25) is 0 Å². The number of rotatable bonds is 9. The predicted molar refractivity (Wildman–Crippen MR) is 118 cm³/mol. The second-order valence-corrected chi connectivity index (χ2v) is 7.73. The molecule has 2 aromatic carbocycles. The highest BCUT2D eigenvalue weighted by molar-refractivity contribution is 9.10. The Hall–Kier alpha value is -2.32. The molecule has 2 N–H and O–H groups in total. The number of carbonyl (C=O) groups excluding carboxylic acids is 2. The average molecular weight is 508 g/mol. The van der Waals surface area contributed by atoms with Crippen molar-refractivity contribution in [1.29, 1.82) is 0 Å². The number of benzene rings is 2. The third-order valence-corrected chi connectivity index (χ3v) is 4.66. The van der Waals surface area contributed by atoms with Crippen molar-refractivity contribution in [3.05, 3.63) is 68.6 Å². The number of carbonyl (C=O) groups is 2. The summed E-state index contributed by atoms with van der Waals surface area (Å²) < 4.78 is 1.97. The van der Waals surface area contributed by atoms with E-state index in [0.29, 0.717) is 25.7 Å². The van der Waals surface area contributed by atoms with Crippen molar-refractivity contribution < 1.29 is 9.59 Å². The smallest absolute Gasteiger partial charge is 0.240 e. The van der Waals surface area contributed by atoms with Gasteiger partial charge in [0, 0.05) is 21.8 Å². The third kappa shape index (κ3) is 9.05. The van der Waals surface area contributed by atoms with Gasteiger partial charge in [0.15, 0.2) is 0 Å². The van der Waals surface area contributed by atoms with E-state index >= 15 is 0 Å². The Bertz CT molecular complexity index is 763. The van der Waals surface area contributed by atoms with Crippen molar-refractivity contribution in [2.24, 2.45) is 10.2 Å². The molecule has 0 saturated heterocycles. The van der Waals surface area contributed by atoms with Crippen molar-refractivity contribution in [2.75, 3.05) is 0 Å². The quantitative estimate of drug-likeness (QED) is 0.300. The summed E-state index contributed by atoms with van der Waals surface area (Å²) in [6.07, 6.45) is 5.00. The van der Waals surface area contributed by atoms with Gasteiger partial charge in [-0.2, -0.15) is 10.2 Å². The molecule has 2 rings (SSSR count). The molecule has 0 saturated carbocycles. The molecule has 0 aromatic heterocycles. The zero-order valence-corrected chi connectivity index (χ0v) is 18.2. The second kappa shape index (κ2) is 12.2. The fourth-order valence-corrected chi connectivity index (χ4v) is 2.67. The van der Waals surface area contributed by atoms with Crippen LogP contribution >= 0.6 is 31.9 Å². The van der Waals surface area contributed by atoms with Crippen LogP contribution < -0.4 is 10.9 Å². The minimum atomic E-state index is -0.179. The molecule has 0 unspecified atom stereocenters. The molecule has 0 radical (unpaired) electrons. The molecular weight excluding hydrogens is 488 g/mol. The van der Waals surface area contributed by atoms with Gasteiger partial charge >= 0.3 is 0 Å². The van der Waals surface area contributed by atoms with E-state index in [4.69, 9.17) is 0 Å². The Labute approximate surface area is 180 Å². The van der Waals surface area contributed by atoms with E-state index in [1.807, 2.05) is 48.5 Å². The zero-order chi connectivity index (χ0) is 20.2. The molecule has 28 heavy (non-hydrogen) atoms. The molecular formula is C20H20Br2N4O2. The molecule has 0 atom stereocenters. The molecule has 0 fully saturated rings. The maximum absolute atomic E-state index is 11.7. The number of hydrazone groups is 2. The summed E-state index contributed by atoms with van der Waals surface area (Å²) in [6.45, 7) is 0. The van der Waals surface area contributed by atoms with Gasteiger partial charge in [0.25, 0.3) is 0 Å². The van der Waals surface area contributed by atoms with Crippen LogP contribution in [-0.2, 0) is 9.59 Å². The SMILES string of the molecule is O=C(CCCCC(=O)N/N=C/c1ccc(Br)cc1)N/N=C/c1ccc(Br)cc1. The fraction of sp³-hybridized carbons (Fsp3) is 0.200. The van der Waals surface area contributed by atoms with E-state index in [2.05, 4.69) is 52.9 Å². The predicted octanol–water partition coefficient (Wildman–Crippen LogP) is 4.37. The van der Waals surface area contributed by atoms with Crippen LogP contribution in [0.4, 0.5) is 0 Å². The standard InChI is InChI=1S/C20H20Br2N4O2/c21-17-9-5-15(6-10-17)13-23-25-19(27)3-1-2-4-20(28)26-24-14-16-7-11-18(22)12-8-16/h5-14H,1-4H2,(H,25,27)(H,26,28)/b23-13+,24-14+. The minimum absolute atomic E-state index is 0.179. The van der Waals surface area contributed by atoms with Crippen molar-refractivity contribution in [1.82, 2.24) is 10.9 Å². The van der Waals surface area contributed by atoms with Gasteiger partial charge in [-0.3, -0.25) is 9.59 Å². The molecule has 0 heterocycles. The Morgan fingerprint density at radius 1 is 0.714 bits per heavy atom. The summed E-state index contributed by atoms with van der Waals surface area (Å²) in [4.78, 5) is 23.5. The molecule has 2 amide bonds. The summed E-state index contributed by atoms with van der Waals surface area (Å²) in [5.41, 5.74) is 6.75. The first kappa shape index (κ1) is 22.0. The second-order valence-electron chi connectivity index (χ2n) is 5.90. The average Bonchev–Trinajstić information content (AvgIpc) is 2.68. The van der Waals surface area contributed by atoms with Crippen LogP contribution in [0, 0.1) is 0 Å². The van der Waals surface area contributed by atoms with Crippen LogP contribution in [0.15, 0.2) is 67.7 Å². The minimum Gasteiger partial charge on any atom is -0.273 e. The van der Waals surface area contributed by atoms with E-state index < -0.39 is 0 Å². The monoisotopic (exact) mass is 506 g/mol. The van der Waals surface area contributed by atoms with Crippen LogP contribution in [0.3, 0.4) is 0 Å². The van der Waals surface area contributed by atoms with Crippen LogP contribution in [-0.4, -0.2) is 24.2 Å². The molecule has 0 aliphatic heterocycles. The van der Waals surface area contributed by atoms with E-state index in [-0.39, 0.29) is 11.8 Å². The van der Waals surface area contributed by atoms with Crippen molar-refractivity contribution in [3.8, 4) is 0 Å². The van der Waals surface area contributed by atoms with Gasteiger partial charge in [-0.05, 0) is 48.2 Å². The number of nitrogens with one attached hydrogen (secondary N) is 2. The van der Waals surface area contributed by atoms with E-state index in [0.717, 1.165) is 20.1 Å². The largest absolute Gasteiger partial charge is 0.273 e. The highest BCUT2D eigenvalue weighted by atomic mass is 79.9. The lowest BCUT2D eigenvalue weighted by Gasteiger charge is -2.01. The molecule has 146 valence electrons. The van der Waals surface area contributed by atoms with Gasteiger partial charge in [0.2, 0.25) is 11.8 Å². The van der Waals surface area contributed by atoms with Gasteiger partial charge in [-0.25, -0.2) is 10.9 Å². The van der Waals surface area contributed by atoms with Gasteiger partial charge in [0.05, 0.1) is 12.4 Å². The molecule has 2 aromatic rings. The van der Waals surface area contributed by atoms with Gasteiger partial charge in [-0.1, -0.05) is 56.1 Å². The van der Waals surface area contributed by atoms with Gasteiger partial charge in [0.1, 0.15) is 0 Å². The first-order valence-corrected chi connectivity index (χ1v) is 10.3. The van der Waals surface area contributed by atoms with Crippen LogP contribution in [0.25, 0.3) is 0 Å². The number of halogens is 2. The number of unbranched alkanes of at least 4 members (excludes halogenated alkanes) is 1. The fourth-order valence-electron chi connectivity index (χ4n) is 2.14. The maximum atomic E-state index is 11.7.